The molecule has 1 aromatic rings. The summed E-state index contributed by atoms with van der Waals surface area (Å²) in [5.41, 5.74) is 3.03. The van der Waals surface area contributed by atoms with Crippen LogP contribution in [-0.2, 0) is 0 Å². The summed E-state index contributed by atoms with van der Waals surface area (Å²) in [7, 11) is 0. The van der Waals surface area contributed by atoms with Gasteiger partial charge in [0.05, 0.1) is 4.92 Å². The third kappa shape index (κ3) is 2.71. The molecule has 0 bridgehead atoms. The van der Waals surface area contributed by atoms with E-state index in [1.807, 2.05) is 6.92 Å². The molecule has 94 valence electrons. The first kappa shape index (κ1) is 12.2. The second-order valence-electron chi connectivity index (χ2n) is 4.24. The number of rotatable bonds is 4. The van der Waals surface area contributed by atoms with Crippen LogP contribution in [0.4, 0.5) is 5.69 Å². The standard InChI is InChI=1S/C12H13N3O3/c1-8(9-6-7-9)13-14-12(16)10-4-2-3-5-11(10)15(17)18/h2-5,9H,6-7H2,1H3,(H,14,16)/b13-8-. The Balaban J connectivity index is 2.13. The average Bonchev–Trinajstić information content (AvgIpc) is 3.19. The largest absolute Gasteiger partial charge is 0.282 e. The molecule has 0 atom stereocenters. The van der Waals surface area contributed by atoms with E-state index in [1.165, 1.54) is 18.2 Å². The molecule has 0 saturated heterocycles. The van der Waals surface area contributed by atoms with Gasteiger partial charge in [0.1, 0.15) is 5.56 Å². The van der Waals surface area contributed by atoms with Crippen molar-refractivity contribution in [1.82, 2.24) is 5.43 Å². The zero-order chi connectivity index (χ0) is 13.1. The highest BCUT2D eigenvalue weighted by Crippen LogP contribution is 2.30. The number of benzene rings is 1. The van der Waals surface area contributed by atoms with Gasteiger partial charge < -0.3 is 0 Å². The van der Waals surface area contributed by atoms with E-state index in [1.54, 1.807) is 6.07 Å². The van der Waals surface area contributed by atoms with Crippen molar-refractivity contribution in [2.45, 2.75) is 19.8 Å². The monoisotopic (exact) mass is 247 g/mol. The fraction of sp³-hybridized carbons (Fsp3) is 0.333. The van der Waals surface area contributed by atoms with Crippen molar-refractivity contribution in [2.24, 2.45) is 11.0 Å². The van der Waals surface area contributed by atoms with Gasteiger partial charge >= 0.3 is 0 Å². The highest BCUT2D eigenvalue weighted by molar-refractivity contribution is 5.99. The zero-order valence-electron chi connectivity index (χ0n) is 9.92. The second kappa shape index (κ2) is 4.95. The van der Waals surface area contributed by atoms with E-state index in [9.17, 15) is 14.9 Å². The van der Waals surface area contributed by atoms with Gasteiger partial charge in [-0.1, -0.05) is 12.1 Å². The van der Waals surface area contributed by atoms with Crippen LogP contribution in [0, 0.1) is 16.0 Å². The van der Waals surface area contributed by atoms with E-state index < -0.39 is 10.8 Å². The van der Waals surface area contributed by atoms with Gasteiger partial charge in [0.2, 0.25) is 0 Å². The van der Waals surface area contributed by atoms with Gasteiger partial charge in [-0.15, -0.1) is 0 Å². The third-order valence-corrected chi connectivity index (χ3v) is 2.85. The number of amides is 1. The number of nitrogens with one attached hydrogen (secondary N) is 1. The molecule has 1 aliphatic rings. The van der Waals surface area contributed by atoms with Gasteiger partial charge in [-0.3, -0.25) is 14.9 Å². The fourth-order valence-corrected chi connectivity index (χ4v) is 1.62. The number of carbonyl (C=O) groups is 1. The van der Waals surface area contributed by atoms with Gasteiger partial charge in [-0.05, 0) is 31.7 Å². The lowest BCUT2D eigenvalue weighted by Gasteiger charge is -2.02. The van der Waals surface area contributed by atoms with Crippen molar-refractivity contribution in [2.75, 3.05) is 0 Å². The molecule has 1 saturated carbocycles. The maximum absolute atomic E-state index is 11.8. The molecule has 0 spiro atoms. The van der Waals surface area contributed by atoms with E-state index in [0.717, 1.165) is 18.6 Å². The van der Waals surface area contributed by atoms with Crippen LogP contribution >= 0.6 is 0 Å². The Hall–Kier alpha value is -2.24. The summed E-state index contributed by atoms with van der Waals surface area (Å²) < 4.78 is 0. The summed E-state index contributed by atoms with van der Waals surface area (Å²) in [6, 6.07) is 5.81. The second-order valence-corrected chi connectivity index (χ2v) is 4.24. The summed E-state index contributed by atoms with van der Waals surface area (Å²) in [6.07, 6.45) is 2.19. The molecular weight excluding hydrogens is 234 g/mol. The van der Waals surface area contributed by atoms with Crippen molar-refractivity contribution in [3.05, 3.63) is 39.9 Å². The molecule has 0 aliphatic heterocycles. The predicted octanol–water partition coefficient (Wildman–Crippen LogP) is 2.11. The first-order chi connectivity index (χ1) is 8.59. The van der Waals surface area contributed by atoms with E-state index >= 15 is 0 Å². The molecule has 1 aromatic carbocycles. The quantitative estimate of drug-likeness (QED) is 0.502. The average molecular weight is 247 g/mol. The Morgan fingerprint density at radius 2 is 2.11 bits per heavy atom. The molecule has 6 heteroatoms. The predicted molar refractivity (Wildman–Crippen MR) is 66.4 cm³/mol. The Bertz CT molecular complexity index is 521. The Kier molecular flexibility index (Phi) is 3.36. The van der Waals surface area contributed by atoms with E-state index in [4.69, 9.17) is 0 Å². The summed E-state index contributed by atoms with van der Waals surface area (Å²) >= 11 is 0. The lowest BCUT2D eigenvalue weighted by Crippen LogP contribution is -2.20. The van der Waals surface area contributed by atoms with E-state index in [-0.39, 0.29) is 11.3 Å². The first-order valence-corrected chi connectivity index (χ1v) is 5.67. The molecule has 1 amide bonds. The van der Waals surface area contributed by atoms with E-state index in [0.29, 0.717) is 5.92 Å². The zero-order valence-corrected chi connectivity index (χ0v) is 9.92. The van der Waals surface area contributed by atoms with Crippen LogP contribution in [0.15, 0.2) is 29.4 Å². The number of nitro groups is 1. The molecule has 0 aromatic heterocycles. The van der Waals surface area contributed by atoms with Crippen molar-refractivity contribution < 1.29 is 9.72 Å². The molecule has 0 radical (unpaired) electrons. The van der Waals surface area contributed by atoms with Crippen LogP contribution in [0.1, 0.15) is 30.1 Å². The number of para-hydroxylation sites is 1. The maximum Gasteiger partial charge on any atom is 0.282 e. The summed E-state index contributed by atoms with van der Waals surface area (Å²) in [5.74, 6) is -0.0987. The summed E-state index contributed by atoms with van der Waals surface area (Å²) in [6.45, 7) is 1.84. The minimum atomic E-state index is -0.577. The minimum absolute atomic E-state index is 0.0230. The number of hydrogen-bond acceptors (Lipinski definition) is 4. The maximum atomic E-state index is 11.8. The lowest BCUT2D eigenvalue weighted by atomic mass is 10.2. The Morgan fingerprint density at radius 1 is 1.44 bits per heavy atom. The van der Waals surface area contributed by atoms with Crippen LogP contribution < -0.4 is 5.43 Å². The van der Waals surface area contributed by atoms with Crippen LogP contribution in [-0.4, -0.2) is 16.5 Å². The van der Waals surface area contributed by atoms with Crippen LogP contribution in [0.25, 0.3) is 0 Å². The summed E-state index contributed by atoms with van der Waals surface area (Å²) in [5, 5.41) is 14.7. The third-order valence-electron chi connectivity index (χ3n) is 2.85. The smallest absolute Gasteiger partial charge is 0.267 e. The molecule has 1 N–H and O–H groups in total. The summed E-state index contributed by atoms with van der Waals surface area (Å²) in [4.78, 5) is 22.0. The van der Waals surface area contributed by atoms with Gasteiger partial charge in [0.25, 0.3) is 11.6 Å². The molecule has 0 heterocycles. The molecule has 0 unspecified atom stereocenters. The number of carbonyl (C=O) groups excluding carboxylic acids is 1. The number of hydrogen-bond donors (Lipinski definition) is 1. The topological polar surface area (TPSA) is 84.6 Å². The molecule has 18 heavy (non-hydrogen) atoms. The molecule has 2 rings (SSSR count). The molecule has 1 fully saturated rings. The molecule has 6 nitrogen and oxygen atoms in total. The Labute approximate surface area is 104 Å². The molecule has 1 aliphatic carbocycles. The van der Waals surface area contributed by atoms with Crippen LogP contribution in [0.3, 0.4) is 0 Å². The van der Waals surface area contributed by atoms with Crippen molar-refractivity contribution in [3.8, 4) is 0 Å². The Morgan fingerprint density at radius 3 is 2.72 bits per heavy atom. The van der Waals surface area contributed by atoms with Gasteiger partial charge in [0.15, 0.2) is 0 Å². The molecular formula is C12H13N3O3. The highest BCUT2D eigenvalue weighted by Gasteiger charge is 2.25. The van der Waals surface area contributed by atoms with Crippen molar-refractivity contribution in [3.63, 3.8) is 0 Å². The van der Waals surface area contributed by atoms with Gasteiger partial charge in [0, 0.05) is 11.8 Å². The lowest BCUT2D eigenvalue weighted by molar-refractivity contribution is -0.385. The number of nitrogens with zero attached hydrogens (tertiary/aromatic N) is 2. The van der Waals surface area contributed by atoms with Crippen molar-refractivity contribution >= 4 is 17.3 Å². The number of hydrazone groups is 1. The van der Waals surface area contributed by atoms with Gasteiger partial charge in [-0.2, -0.15) is 5.10 Å². The minimum Gasteiger partial charge on any atom is -0.267 e. The van der Waals surface area contributed by atoms with Gasteiger partial charge in [-0.25, -0.2) is 5.43 Å². The fourth-order valence-electron chi connectivity index (χ4n) is 1.62. The van der Waals surface area contributed by atoms with Crippen molar-refractivity contribution in [1.29, 1.82) is 0 Å². The normalized spacial score (nSPS) is 15.3. The first-order valence-electron chi connectivity index (χ1n) is 5.67. The van der Waals surface area contributed by atoms with Crippen LogP contribution in [0.5, 0.6) is 0 Å². The van der Waals surface area contributed by atoms with E-state index in [2.05, 4.69) is 10.5 Å². The van der Waals surface area contributed by atoms with Crippen LogP contribution in [0.2, 0.25) is 0 Å². The SMILES string of the molecule is C/C(=N/NC(=O)c1ccccc1[N+](=O)[O-])C1CC1. The highest BCUT2D eigenvalue weighted by atomic mass is 16.6. The number of nitro benzene ring substituents is 1.